The molecule has 1 aromatic heterocycles. The summed E-state index contributed by atoms with van der Waals surface area (Å²) in [5, 5.41) is 2.94. The van der Waals surface area contributed by atoms with E-state index in [9.17, 15) is 9.59 Å². The maximum absolute atomic E-state index is 13.4. The number of hydrogen-bond donors (Lipinski definition) is 1. The van der Waals surface area contributed by atoms with Crippen LogP contribution in [0.5, 0.6) is 0 Å². The van der Waals surface area contributed by atoms with E-state index in [1.54, 1.807) is 11.0 Å². The summed E-state index contributed by atoms with van der Waals surface area (Å²) in [4.78, 5) is 29.5. The molecule has 0 aliphatic carbocycles. The molecule has 0 bridgehead atoms. The SMILES string of the molecule is C=CCN(CC(=O)N(Cc1ccccc1)Cc1ccc(C)o1)C(=O)Nc1ccccc1CC. The first-order valence-corrected chi connectivity index (χ1v) is 11.1. The normalized spacial score (nSPS) is 10.5. The number of anilines is 1. The summed E-state index contributed by atoms with van der Waals surface area (Å²) in [6.07, 6.45) is 2.42. The van der Waals surface area contributed by atoms with Crippen LogP contribution < -0.4 is 5.32 Å². The molecule has 3 rings (SSSR count). The van der Waals surface area contributed by atoms with Crippen LogP contribution in [0.15, 0.2) is 83.8 Å². The van der Waals surface area contributed by atoms with Gasteiger partial charge in [-0.3, -0.25) is 4.79 Å². The van der Waals surface area contributed by atoms with Gasteiger partial charge in [-0.05, 0) is 42.7 Å². The first-order valence-electron chi connectivity index (χ1n) is 11.1. The molecule has 6 heteroatoms. The molecule has 3 aromatic rings. The molecule has 1 heterocycles. The molecule has 33 heavy (non-hydrogen) atoms. The highest BCUT2D eigenvalue weighted by Crippen LogP contribution is 2.17. The van der Waals surface area contributed by atoms with Gasteiger partial charge in [-0.1, -0.05) is 61.5 Å². The lowest BCUT2D eigenvalue weighted by molar-refractivity contribution is -0.133. The van der Waals surface area contributed by atoms with E-state index in [0.717, 1.165) is 29.0 Å². The summed E-state index contributed by atoms with van der Waals surface area (Å²) < 4.78 is 5.70. The Morgan fingerprint density at radius 3 is 2.36 bits per heavy atom. The van der Waals surface area contributed by atoms with Crippen LogP contribution in [0.25, 0.3) is 0 Å². The summed E-state index contributed by atoms with van der Waals surface area (Å²) in [7, 11) is 0. The Hall–Kier alpha value is -3.80. The van der Waals surface area contributed by atoms with E-state index in [1.165, 1.54) is 4.90 Å². The largest absolute Gasteiger partial charge is 0.464 e. The number of benzene rings is 2. The number of rotatable bonds is 10. The van der Waals surface area contributed by atoms with Crippen molar-refractivity contribution in [2.45, 2.75) is 33.4 Å². The summed E-state index contributed by atoms with van der Waals surface area (Å²) >= 11 is 0. The molecule has 6 nitrogen and oxygen atoms in total. The van der Waals surface area contributed by atoms with Crippen LogP contribution >= 0.6 is 0 Å². The van der Waals surface area contributed by atoms with Gasteiger partial charge in [-0.15, -0.1) is 6.58 Å². The molecule has 0 fully saturated rings. The molecule has 0 saturated carbocycles. The first kappa shape index (κ1) is 23.9. The number of carbonyl (C=O) groups is 2. The van der Waals surface area contributed by atoms with Gasteiger partial charge in [-0.2, -0.15) is 0 Å². The fourth-order valence-electron chi connectivity index (χ4n) is 3.58. The van der Waals surface area contributed by atoms with Crippen LogP contribution in [-0.4, -0.2) is 34.8 Å². The van der Waals surface area contributed by atoms with Gasteiger partial charge in [0, 0.05) is 18.8 Å². The van der Waals surface area contributed by atoms with Crippen molar-refractivity contribution in [2.24, 2.45) is 0 Å². The van der Waals surface area contributed by atoms with Crippen LogP contribution in [0.2, 0.25) is 0 Å². The van der Waals surface area contributed by atoms with Gasteiger partial charge in [0.25, 0.3) is 0 Å². The minimum Gasteiger partial charge on any atom is -0.464 e. The number of amides is 3. The van der Waals surface area contributed by atoms with Gasteiger partial charge < -0.3 is 19.5 Å². The Labute approximate surface area is 195 Å². The van der Waals surface area contributed by atoms with E-state index in [4.69, 9.17) is 4.42 Å². The molecule has 172 valence electrons. The van der Waals surface area contributed by atoms with Crippen molar-refractivity contribution in [3.8, 4) is 0 Å². The zero-order valence-corrected chi connectivity index (χ0v) is 19.3. The number of nitrogens with zero attached hydrogens (tertiary/aromatic N) is 2. The number of urea groups is 1. The first-order chi connectivity index (χ1) is 16.0. The molecule has 0 aliphatic heterocycles. The van der Waals surface area contributed by atoms with Crippen LogP contribution in [-0.2, 0) is 24.3 Å². The maximum atomic E-state index is 13.4. The molecule has 0 radical (unpaired) electrons. The minimum absolute atomic E-state index is 0.0708. The molecule has 3 amide bonds. The Morgan fingerprint density at radius 1 is 0.970 bits per heavy atom. The Morgan fingerprint density at radius 2 is 1.70 bits per heavy atom. The third kappa shape index (κ3) is 6.84. The molecule has 0 unspecified atom stereocenters. The number of carbonyl (C=O) groups excluding carboxylic acids is 2. The fraction of sp³-hybridized carbons (Fsp3) is 0.259. The lowest BCUT2D eigenvalue weighted by Crippen LogP contribution is -2.44. The highest BCUT2D eigenvalue weighted by atomic mass is 16.3. The van der Waals surface area contributed by atoms with E-state index in [2.05, 4.69) is 11.9 Å². The monoisotopic (exact) mass is 445 g/mol. The number of aryl methyl sites for hydroxylation is 2. The molecule has 1 N–H and O–H groups in total. The third-order valence-electron chi connectivity index (χ3n) is 5.31. The zero-order valence-electron chi connectivity index (χ0n) is 19.3. The van der Waals surface area contributed by atoms with Gasteiger partial charge in [0.2, 0.25) is 5.91 Å². The molecule has 0 atom stereocenters. The van der Waals surface area contributed by atoms with Crippen LogP contribution in [0.4, 0.5) is 10.5 Å². The molecule has 0 spiro atoms. The maximum Gasteiger partial charge on any atom is 0.322 e. The molecular formula is C27H31N3O3. The summed E-state index contributed by atoms with van der Waals surface area (Å²) in [5.41, 5.74) is 2.79. The lowest BCUT2D eigenvalue weighted by atomic mass is 10.1. The number of furan rings is 1. The highest BCUT2D eigenvalue weighted by Gasteiger charge is 2.22. The van der Waals surface area contributed by atoms with Crippen molar-refractivity contribution in [3.05, 3.63) is 102 Å². The second-order valence-corrected chi connectivity index (χ2v) is 7.86. The molecular weight excluding hydrogens is 414 g/mol. The minimum atomic E-state index is -0.336. The molecule has 0 aliphatic rings. The van der Waals surface area contributed by atoms with E-state index < -0.39 is 0 Å². The predicted octanol–water partition coefficient (Wildman–Crippen LogP) is 5.40. The Bertz CT molecular complexity index is 1070. The Balaban J connectivity index is 1.76. The summed E-state index contributed by atoms with van der Waals surface area (Å²) in [5.74, 6) is 1.32. The van der Waals surface area contributed by atoms with Crippen molar-refractivity contribution in [1.82, 2.24) is 9.80 Å². The van der Waals surface area contributed by atoms with Crippen LogP contribution in [0.3, 0.4) is 0 Å². The Kier molecular flexibility index (Phi) is 8.47. The van der Waals surface area contributed by atoms with Gasteiger partial charge >= 0.3 is 6.03 Å². The number of para-hydroxylation sites is 1. The lowest BCUT2D eigenvalue weighted by Gasteiger charge is -2.27. The van der Waals surface area contributed by atoms with Gasteiger partial charge in [0.05, 0.1) is 6.54 Å². The highest BCUT2D eigenvalue weighted by molar-refractivity contribution is 5.93. The average Bonchev–Trinajstić information content (AvgIpc) is 3.23. The predicted molar refractivity (Wildman–Crippen MR) is 131 cm³/mol. The van der Waals surface area contributed by atoms with Crippen LogP contribution in [0.1, 0.15) is 29.6 Å². The van der Waals surface area contributed by atoms with Crippen molar-refractivity contribution in [1.29, 1.82) is 0 Å². The third-order valence-corrected chi connectivity index (χ3v) is 5.31. The van der Waals surface area contributed by atoms with Gasteiger partial charge in [0.1, 0.15) is 18.1 Å². The average molecular weight is 446 g/mol. The topological polar surface area (TPSA) is 65.8 Å². The molecule has 0 saturated heterocycles. The van der Waals surface area contributed by atoms with E-state index in [-0.39, 0.29) is 25.0 Å². The van der Waals surface area contributed by atoms with Gasteiger partial charge in [0.15, 0.2) is 0 Å². The summed E-state index contributed by atoms with van der Waals surface area (Å²) in [6.45, 7) is 8.59. The fourth-order valence-corrected chi connectivity index (χ4v) is 3.58. The quantitative estimate of drug-likeness (QED) is 0.425. The van der Waals surface area contributed by atoms with Crippen molar-refractivity contribution in [3.63, 3.8) is 0 Å². The van der Waals surface area contributed by atoms with E-state index in [0.29, 0.717) is 18.8 Å². The van der Waals surface area contributed by atoms with E-state index in [1.807, 2.05) is 80.6 Å². The van der Waals surface area contributed by atoms with Crippen molar-refractivity contribution < 1.29 is 14.0 Å². The molecule has 2 aromatic carbocycles. The smallest absolute Gasteiger partial charge is 0.322 e. The zero-order chi connectivity index (χ0) is 23.6. The van der Waals surface area contributed by atoms with Crippen LogP contribution in [0, 0.1) is 6.92 Å². The van der Waals surface area contributed by atoms with Gasteiger partial charge in [-0.25, -0.2) is 4.79 Å². The number of hydrogen-bond acceptors (Lipinski definition) is 3. The van der Waals surface area contributed by atoms with Crippen molar-refractivity contribution >= 4 is 17.6 Å². The standard InChI is InChI=1S/C27H31N3O3/c1-4-17-29(27(32)28-25-14-10-9-13-23(25)5-2)20-26(31)30(18-22-11-7-6-8-12-22)19-24-16-15-21(3)33-24/h4,6-16H,1,5,17-20H2,2-3H3,(H,28,32). The van der Waals surface area contributed by atoms with E-state index >= 15 is 0 Å². The van der Waals surface area contributed by atoms with Crippen molar-refractivity contribution in [2.75, 3.05) is 18.4 Å². The second kappa shape index (κ2) is 11.7. The number of nitrogens with one attached hydrogen (secondary N) is 1. The second-order valence-electron chi connectivity index (χ2n) is 7.86. The summed E-state index contributed by atoms with van der Waals surface area (Å²) in [6, 6.07) is 20.9.